The number of nitrogens with zero attached hydrogens (tertiary/aromatic N) is 2. The Balaban J connectivity index is 0.00000288. The van der Waals surface area contributed by atoms with E-state index in [-0.39, 0.29) is 29.8 Å². The van der Waals surface area contributed by atoms with Gasteiger partial charge in [-0.3, -0.25) is 4.90 Å². The summed E-state index contributed by atoms with van der Waals surface area (Å²) in [5, 5.41) is 6.59. The second-order valence-electron chi connectivity index (χ2n) is 5.70. The molecule has 0 saturated carbocycles. The van der Waals surface area contributed by atoms with Gasteiger partial charge >= 0.3 is 0 Å². The summed E-state index contributed by atoms with van der Waals surface area (Å²) in [7, 11) is 0. The standard InChI is InChI=1S/C17H27FN4O.HI/c1-3-19-17(21-13-15-5-4-6-16(18)11-15)20-12-14(2)22-7-9-23-10-8-22;/h4-6,11,14H,3,7-10,12-13H2,1-2H3,(H2,19,20,21);1H. The number of guanidine groups is 1. The van der Waals surface area contributed by atoms with Crippen molar-refractivity contribution in [1.29, 1.82) is 0 Å². The van der Waals surface area contributed by atoms with E-state index in [0.717, 1.165) is 50.9 Å². The number of hydrogen-bond donors (Lipinski definition) is 2. The van der Waals surface area contributed by atoms with Gasteiger partial charge in [-0.2, -0.15) is 0 Å². The molecule has 1 aliphatic rings. The number of halogens is 2. The van der Waals surface area contributed by atoms with E-state index >= 15 is 0 Å². The molecule has 136 valence electrons. The van der Waals surface area contributed by atoms with E-state index in [1.54, 1.807) is 6.07 Å². The zero-order valence-electron chi connectivity index (χ0n) is 14.4. The van der Waals surface area contributed by atoms with Crippen molar-refractivity contribution in [3.63, 3.8) is 0 Å². The van der Waals surface area contributed by atoms with Gasteiger partial charge < -0.3 is 15.4 Å². The number of nitrogens with one attached hydrogen (secondary N) is 2. The van der Waals surface area contributed by atoms with Crippen molar-refractivity contribution in [3.05, 3.63) is 35.6 Å². The van der Waals surface area contributed by atoms with E-state index in [1.165, 1.54) is 12.1 Å². The first-order chi connectivity index (χ1) is 11.2. The maximum atomic E-state index is 13.2. The predicted octanol–water partition coefficient (Wildman–Crippen LogP) is 2.22. The summed E-state index contributed by atoms with van der Waals surface area (Å²) in [5.74, 6) is 0.536. The molecule has 1 unspecified atom stereocenters. The second kappa shape index (κ2) is 11.6. The van der Waals surface area contributed by atoms with E-state index < -0.39 is 0 Å². The van der Waals surface area contributed by atoms with Gasteiger partial charge in [0.1, 0.15) is 5.82 Å². The molecule has 1 aromatic carbocycles. The lowest BCUT2D eigenvalue weighted by molar-refractivity contribution is 0.0211. The van der Waals surface area contributed by atoms with Gasteiger partial charge in [0.25, 0.3) is 0 Å². The lowest BCUT2D eigenvalue weighted by Gasteiger charge is -2.32. The number of benzene rings is 1. The molecule has 1 aromatic rings. The minimum absolute atomic E-state index is 0. The van der Waals surface area contributed by atoms with Crippen LogP contribution in [0.5, 0.6) is 0 Å². The van der Waals surface area contributed by atoms with Crippen molar-refractivity contribution in [2.45, 2.75) is 26.4 Å². The maximum absolute atomic E-state index is 13.2. The normalized spacial score (nSPS) is 17.0. The molecule has 0 spiro atoms. The fraction of sp³-hybridized carbons (Fsp3) is 0.588. The first-order valence-corrected chi connectivity index (χ1v) is 8.27. The van der Waals surface area contributed by atoms with Crippen molar-refractivity contribution in [1.82, 2.24) is 15.5 Å². The summed E-state index contributed by atoms with van der Waals surface area (Å²) in [6.07, 6.45) is 0. The Morgan fingerprint density at radius 3 is 2.75 bits per heavy atom. The average molecular weight is 450 g/mol. The molecule has 0 aromatic heterocycles. The number of ether oxygens (including phenoxy) is 1. The molecule has 1 saturated heterocycles. The highest BCUT2D eigenvalue weighted by atomic mass is 127. The fourth-order valence-corrected chi connectivity index (χ4v) is 2.54. The summed E-state index contributed by atoms with van der Waals surface area (Å²) in [6.45, 7) is 9.85. The maximum Gasteiger partial charge on any atom is 0.191 e. The molecule has 1 atom stereocenters. The molecule has 0 bridgehead atoms. The van der Waals surface area contributed by atoms with Gasteiger partial charge in [0.05, 0.1) is 19.8 Å². The van der Waals surface area contributed by atoms with Gasteiger partial charge in [-0.25, -0.2) is 9.38 Å². The second-order valence-corrected chi connectivity index (χ2v) is 5.70. The largest absolute Gasteiger partial charge is 0.379 e. The van der Waals surface area contributed by atoms with Crippen molar-refractivity contribution in [2.24, 2.45) is 4.99 Å². The third-order valence-corrected chi connectivity index (χ3v) is 3.89. The zero-order chi connectivity index (χ0) is 16.5. The lowest BCUT2D eigenvalue weighted by Crippen LogP contribution is -2.49. The van der Waals surface area contributed by atoms with Gasteiger partial charge in [-0.1, -0.05) is 12.1 Å². The van der Waals surface area contributed by atoms with Crippen molar-refractivity contribution in [3.8, 4) is 0 Å². The van der Waals surface area contributed by atoms with E-state index in [1.807, 2.05) is 13.0 Å². The van der Waals surface area contributed by atoms with Crippen LogP contribution >= 0.6 is 24.0 Å². The fourth-order valence-electron chi connectivity index (χ4n) is 2.54. The van der Waals surface area contributed by atoms with Crippen LogP contribution in [0.15, 0.2) is 29.3 Å². The SMILES string of the molecule is CCNC(=NCc1cccc(F)c1)NCC(C)N1CCOCC1.I. The number of rotatable bonds is 6. The Morgan fingerprint density at radius 1 is 1.33 bits per heavy atom. The minimum atomic E-state index is -0.225. The van der Waals surface area contributed by atoms with E-state index in [0.29, 0.717) is 12.6 Å². The molecule has 0 aliphatic carbocycles. The van der Waals surface area contributed by atoms with Crippen LogP contribution in [0.4, 0.5) is 4.39 Å². The highest BCUT2D eigenvalue weighted by Crippen LogP contribution is 2.05. The van der Waals surface area contributed by atoms with E-state index in [9.17, 15) is 4.39 Å². The van der Waals surface area contributed by atoms with Crippen LogP contribution in [0.1, 0.15) is 19.4 Å². The molecule has 1 heterocycles. The first-order valence-electron chi connectivity index (χ1n) is 8.27. The molecule has 0 radical (unpaired) electrons. The van der Waals surface area contributed by atoms with Crippen LogP contribution < -0.4 is 10.6 Å². The van der Waals surface area contributed by atoms with Crippen LogP contribution in [-0.4, -0.2) is 56.3 Å². The molecule has 5 nitrogen and oxygen atoms in total. The quantitative estimate of drug-likeness (QED) is 0.397. The van der Waals surface area contributed by atoms with Gasteiger partial charge in [-0.15, -0.1) is 24.0 Å². The monoisotopic (exact) mass is 450 g/mol. The molecule has 2 rings (SSSR count). The average Bonchev–Trinajstić information content (AvgIpc) is 2.58. The molecular weight excluding hydrogens is 422 g/mol. The smallest absolute Gasteiger partial charge is 0.191 e. The van der Waals surface area contributed by atoms with Gasteiger partial charge in [0.2, 0.25) is 0 Å². The van der Waals surface area contributed by atoms with Crippen molar-refractivity contribution >= 4 is 29.9 Å². The van der Waals surface area contributed by atoms with Crippen LogP contribution in [0.2, 0.25) is 0 Å². The van der Waals surface area contributed by atoms with Gasteiger partial charge in [0.15, 0.2) is 5.96 Å². The molecular formula is C17H28FIN4O. The Labute approximate surface area is 161 Å². The Morgan fingerprint density at radius 2 is 2.08 bits per heavy atom. The summed E-state index contributed by atoms with van der Waals surface area (Å²) < 4.78 is 18.6. The predicted molar refractivity (Wildman–Crippen MR) is 106 cm³/mol. The zero-order valence-corrected chi connectivity index (χ0v) is 16.8. The summed E-state index contributed by atoms with van der Waals surface area (Å²) in [6, 6.07) is 6.97. The van der Waals surface area contributed by atoms with Gasteiger partial charge in [-0.05, 0) is 31.5 Å². The summed E-state index contributed by atoms with van der Waals surface area (Å²) in [5.41, 5.74) is 0.864. The number of morpholine rings is 1. The molecule has 1 aliphatic heterocycles. The molecule has 1 fully saturated rings. The highest BCUT2D eigenvalue weighted by Gasteiger charge is 2.16. The van der Waals surface area contributed by atoms with Crippen LogP contribution in [0.25, 0.3) is 0 Å². The third-order valence-electron chi connectivity index (χ3n) is 3.89. The molecule has 7 heteroatoms. The van der Waals surface area contributed by atoms with Crippen LogP contribution in [0.3, 0.4) is 0 Å². The van der Waals surface area contributed by atoms with Crippen molar-refractivity contribution in [2.75, 3.05) is 39.4 Å². The Bertz CT molecular complexity index is 509. The summed E-state index contributed by atoms with van der Waals surface area (Å²) >= 11 is 0. The van der Waals surface area contributed by atoms with E-state index in [4.69, 9.17) is 4.74 Å². The summed E-state index contributed by atoms with van der Waals surface area (Å²) in [4.78, 5) is 6.94. The molecule has 24 heavy (non-hydrogen) atoms. The van der Waals surface area contributed by atoms with E-state index in [2.05, 4.69) is 27.4 Å². The highest BCUT2D eigenvalue weighted by molar-refractivity contribution is 14.0. The Kier molecular flexibility index (Phi) is 10.2. The molecule has 2 N–H and O–H groups in total. The number of hydrogen-bond acceptors (Lipinski definition) is 3. The first kappa shape index (κ1) is 21.1. The van der Waals surface area contributed by atoms with Gasteiger partial charge in [0, 0.05) is 32.2 Å². The van der Waals surface area contributed by atoms with Crippen LogP contribution in [0, 0.1) is 5.82 Å². The minimum Gasteiger partial charge on any atom is -0.379 e. The molecule has 0 amide bonds. The third kappa shape index (κ3) is 7.31. The topological polar surface area (TPSA) is 48.9 Å². The lowest BCUT2D eigenvalue weighted by atomic mass is 10.2. The number of aliphatic imine (C=N–C) groups is 1. The van der Waals surface area contributed by atoms with Crippen molar-refractivity contribution < 1.29 is 9.13 Å². The Hall–Kier alpha value is -0.930. The van der Waals surface area contributed by atoms with Crippen LogP contribution in [-0.2, 0) is 11.3 Å².